The van der Waals surface area contributed by atoms with Crippen LogP contribution in [0.15, 0.2) is 12.2 Å². The molecule has 4 unspecified atom stereocenters. The largest absolute Gasteiger partial charge is 0.478 e. The number of hydrogen-bond acceptors (Lipinski definition) is 1. The maximum Gasteiger partial charge on any atom is 0.331 e. The van der Waals surface area contributed by atoms with Gasteiger partial charge in [0.25, 0.3) is 0 Å². The Morgan fingerprint density at radius 1 is 1.29 bits per heavy atom. The van der Waals surface area contributed by atoms with Crippen molar-refractivity contribution in [2.75, 3.05) is 0 Å². The molecule has 0 aromatic carbocycles. The predicted octanol–water partition coefficient (Wildman–Crippen LogP) is 2.95. The molecule has 1 aliphatic carbocycles. The third-order valence-corrected chi connectivity index (χ3v) is 3.68. The summed E-state index contributed by atoms with van der Waals surface area (Å²) in [5, 5.41) is 8.93. The number of carbonyl (C=O) groups is 1. The summed E-state index contributed by atoms with van der Waals surface area (Å²) >= 11 is 0. The lowest BCUT2D eigenvalue weighted by atomic mass is 9.67. The van der Waals surface area contributed by atoms with Crippen LogP contribution in [0.2, 0.25) is 0 Å². The Morgan fingerprint density at radius 3 is 2.36 bits per heavy atom. The third-order valence-electron chi connectivity index (χ3n) is 3.68. The van der Waals surface area contributed by atoms with E-state index in [1.807, 2.05) is 0 Å². The van der Waals surface area contributed by atoms with Crippen LogP contribution in [0.3, 0.4) is 0 Å². The summed E-state index contributed by atoms with van der Waals surface area (Å²) in [5.41, 5.74) is 0.399. The molecule has 0 bridgehead atoms. The average molecular weight is 196 g/mol. The van der Waals surface area contributed by atoms with Crippen molar-refractivity contribution in [3.8, 4) is 0 Å². The van der Waals surface area contributed by atoms with Gasteiger partial charge in [-0.25, -0.2) is 4.79 Å². The smallest absolute Gasteiger partial charge is 0.331 e. The first-order chi connectivity index (χ1) is 6.43. The summed E-state index contributed by atoms with van der Waals surface area (Å²) in [6, 6.07) is 0. The van der Waals surface area contributed by atoms with Crippen LogP contribution in [0.1, 0.15) is 33.6 Å². The van der Waals surface area contributed by atoms with E-state index in [-0.39, 0.29) is 5.92 Å². The summed E-state index contributed by atoms with van der Waals surface area (Å²) in [7, 11) is 0. The highest BCUT2D eigenvalue weighted by molar-refractivity contribution is 5.86. The molecule has 0 aromatic heterocycles. The fraction of sp³-hybridized carbons (Fsp3) is 0.750. The van der Waals surface area contributed by atoms with Crippen molar-refractivity contribution in [1.82, 2.24) is 0 Å². The van der Waals surface area contributed by atoms with Gasteiger partial charge in [-0.3, -0.25) is 0 Å². The van der Waals surface area contributed by atoms with E-state index in [9.17, 15) is 4.79 Å². The minimum absolute atomic E-state index is 0.172. The molecule has 0 spiro atoms. The maximum absolute atomic E-state index is 10.9. The van der Waals surface area contributed by atoms with Crippen LogP contribution in [0.4, 0.5) is 0 Å². The minimum Gasteiger partial charge on any atom is -0.478 e. The lowest BCUT2D eigenvalue weighted by Crippen LogP contribution is -2.31. The van der Waals surface area contributed by atoms with Gasteiger partial charge in [0.2, 0.25) is 0 Å². The van der Waals surface area contributed by atoms with Crippen LogP contribution in [0.5, 0.6) is 0 Å². The van der Waals surface area contributed by atoms with Gasteiger partial charge in [0, 0.05) is 5.57 Å². The van der Waals surface area contributed by atoms with E-state index < -0.39 is 5.97 Å². The Bertz CT molecular complexity index is 245. The zero-order valence-corrected chi connectivity index (χ0v) is 9.29. The Morgan fingerprint density at radius 2 is 1.86 bits per heavy atom. The van der Waals surface area contributed by atoms with E-state index in [1.165, 1.54) is 6.42 Å². The normalized spacial score (nSPS) is 37.9. The molecule has 1 fully saturated rings. The van der Waals surface area contributed by atoms with Crippen LogP contribution in [-0.4, -0.2) is 11.1 Å². The van der Waals surface area contributed by atoms with Gasteiger partial charge in [-0.15, -0.1) is 0 Å². The second kappa shape index (κ2) is 4.16. The first-order valence-corrected chi connectivity index (χ1v) is 5.35. The van der Waals surface area contributed by atoms with Gasteiger partial charge in [-0.2, -0.15) is 0 Å². The molecule has 0 radical (unpaired) electrons. The Labute approximate surface area is 86.0 Å². The molecule has 0 aromatic rings. The van der Waals surface area contributed by atoms with Gasteiger partial charge in [0.15, 0.2) is 0 Å². The zero-order valence-electron chi connectivity index (χ0n) is 9.29. The number of rotatable bonds is 2. The molecule has 4 atom stereocenters. The molecule has 2 nitrogen and oxygen atoms in total. The maximum atomic E-state index is 10.9. The molecule has 0 heterocycles. The predicted molar refractivity (Wildman–Crippen MR) is 57.0 cm³/mol. The quantitative estimate of drug-likeness (QED) is 0.689. The summed E-state index contributed by atoms with van der Waals surface area (Å²) in [6.45, 7) is 10.3. The Balaban J connectivity index is 2.76. The van der Waals surface area contributed by atoms with Gasteiger partial charge in [0.05, 0.1) is 0 Å². The van der Waals surface area contributed by atoms with Crippen molar-refractivity contribution in [3.63, 3.8) is 0 Å². The standard InChI is InChI=1S/C12H20O2/c1-7-5-8(2)9(3)11(6-7)10(4)12(13)14/h7-9,11H,4-6H2,1-3H3,(H,13,14). The highest BCUT2D eigenvalue weighted by atomic mass is 16.4. The molecular formula is C12H20O2. The van der Waals surface area contributed by atoms with Gasteiger partial charge in [-0.05, 0) is 36.5 Å². The molecule has 0 amide bonds. The van der Waals surface area contributed by atoms with Crippen molar-refractivity contribution in [3.05, 3.63) is 12.2 Å². The summed E-state index contributed by atoms with van der Waals surface area (Å²) < 4.78 is 0. The van der Waals surface area contributed by atoms with E-state index in [1.54, 1.807) is 0 Å². The van der Waals surface area contributed by atoms with Crippen molar-refractivity contribution >= 4 is 5.97 Å². The van der Waals surface area contributed by atoms with Crippen molar-refractivity contribution in [1.29, 1.82) is 0 Å². The van der Waals surface area contributed by atoms with Crippen molar-refractivity contribution in [2.45, 2.75) is 33.6 Å². The first-order valence-electron chi connectivity index (χ1n) is 5.35. The number of hydrogen-bond donors (Lipinski definition) is 1. The fourth-order valence-electron chi connectivity index (χ4n) is 2.61. The van der Waals surface area contributed by atoms with E-state index in [2.05, 4.69) is 27.4 Å². The number of aliphatic carboxylic acids is 1. The molecule has 0 aliphatic heterocycles. The molecule has 2 heteroatoms. The van der Waals surface area contributed by atoms with Crippen LogP contribution < -0.4 is 0 Å². The highest BCUT2D eigenvalue weighted by Gasteiger charge is 2.34. The SMILES string of the molecule is C=C(C(=O)O)C1CC(C)CC(C)C1C. The molecule has 0 saturated heterocycles. The van der Waals surface area contributed by atoms with Crippen LogP contribution in [-0.2, 0) is 4.79 Å². The summed E-state index contributed by atoms with van der Waals surface area (Å²) in [4.78, 5) is 10.9. The fourth-order valence-corrected chi connectivity index (χ4v) is 2.61. The van der Waals surface area contributed by atoms with Crippen molar-refractivity contribution in [2.24, 2.45) is 23.7 Å². The Hall–Kier alpha value is -0.790. The molecule has 1 rings (SSSR count). The van der Waals surface area contributed by atoms with Crippen LogP contribution in [0.25, 0.3) is 0 Å². The van der Waals surface area contributed by atoms with Crippen LogP contribution >= 0.6 is 0 Å². The minimum atomic E-state index is -0.830. The molecule has 1 N–H and O–H groups in total. The molecule has 14 heavy (non-hydrogen) atoms. The monoisotopic (exact) mass is 196 g/mol. The second-order valence-corrected chi connectivity index (χ2v) is 4.85. The van der Waals surface area contributed by atoms with Gasteiger partial charge in [-0.1, -0.05) is 27.4 Å². The third kappa shape index (κ3) is 2.17. The lowest BCUT2D eigenvalue weighted by Gasteiger charge is -2.37. The highest BCUT2D eigenvalue weighted by Crippen LogP contribution is 2.40. The lowest BCUT2D eigenvalue weighted by molar-refractivity contribution is -0.133. The second-order valence-electron chi connectivity index (χ2n) is 4.85. The first kappa shape index (κ1) is 11.3. The topological polar surface area (TPSA) is 37.3 Å². The average Bonchev–Trinajstić information content (AvgIpc) is 2.09. The summed E-state index contributed by atoms with van der Waals surface area (Å²) in [6.07, 6.45) is 2.20. The molecule has 1 saturated carbocycles. The van der Waals surface area contributed by atoms with Crippen molar-refractivity contribution < 1.29 is 9.90 Å². The van der Waals surface area contributed by atoms with E-state index in [0.717, 1.165) is 6.42 Å². The van der Waals surface area contributed by atoms with Gasteiger partial charge >= 0.3 is 5.97 Å². The molecule has 1 aliphatic rings. The van der Waals surface area contributed by atoms with E-state index >= 15 is 0 Å². The Kier molecular flexibility index (Phi) is 3.35. The summed E-state index contributed by atoms with van der Waals surface area (Å²) in [5.74, 6) is 1.03. The van der Waals surface area contributed by atoms with Crippen LogP contribution in [0, 0.1) is 23.7 Å². The zero-order chi connectivity index (χ0) is 10.9. The van der Waals surface area contributed by atoms with Gasteiger partial charge < -0.3 is 5.11 Å². The molecule has 80 valence electrons. The molecular weight excluding hydrogens is 176 g/mol. The number of carboxylic acids is 1. The van der Waals surface area contributed by atoms with Gasteiger partial charge in [0.1, 0.15) is 0 Å². The van der Waals surface area contributed by atoms with E-state index in [4.69, 9.17) is 5.11 Å². The van der Waals surface area contributed by atoms with E-state index in [0.29, 0.717) is 23.3 Å². The number of carboxylic acid groups (broad SMARTS) is 1.